The van der Waals surface area contributed by atoms with E-state index >= 15 is 0 Å². The van der Waals surface area contributed by atoms with Crippen LogP contribution in [0.4, 0.5) is 0 Å². The lowest BCUT2D eigenvalue weighted by molar-refractivity contribution is -0.136. The van der Waals surface area contributed by atoms with Crippen molar-refractivity contribution >= 4 is 23.6 Å². The van der Waals surface area contributed by atoms with Gasteiger partial charge in [0.2, 0.25) is 5.91 Å². The minimum Gasteiger partial charge on any atom is -0.480 e. The number of thioether (sulfide) groups is 1. The maximum absolute atomic E-state index is 11.9. The predicted molar refractivity (Wildman–Crippen MR) is 76.9 cm³/mol. The van der Waals surface area contributed by atoms with Crippen LogP contribution in [0.2, 0.25) is 0 Å². The molecule has 0 saturated carbocycles. The zero-order valence-corrected chi connectivity index (χ0v) is 11.9. The van der Waals surface area contributed by atoms with Crippen LogP contribution in [0.25, 0.3) is 0 Å². The van der Waals surface area contributed by atoms with Gasteiger partial charge in [-0.1, -0.05) is 44.2 Å². The molecule has 2 unspecified atom stereocenters. The molecule has 4 nitrogen and oxygen atoms in total. The van der Waals surface area contributed by atoms with Gasteiger partial charge >= 0.3 is 5.97 Å². The third kappa shape index (κ3) is 3.29. The van der Waals surface area contributed by atoms with Crippen molar-refractivity contribution in [2.75, 3.05) is 0 Å². The van der Waals surface area contributed by atoms with E-state index in [1.165, 1.54) is 0 Å². The average molecular weight is 281 g/mol. The molecule has 3 N–H and O–H groups in total. The van der Waals surface area contributed by atoms with Crippen LogP contribution in [-0.4, -0.2) is 22.2 Å². The highest BCUT2D eigenvalue weighted by atomic mass is 32.2. The quantitative estimate of drug-likeness (QED) is 0.804. The molecular formula is C14H19NO3S. The van der Waals surface area contributed by atoms with E-state index in [4.69, 9.17) is 5.73 Å². The van der Waals surface area contributed by atoms with E-state index in [0.717, 1.165) is 17.3 Å². The summed E-state index contributed by atoms with van der Waals surface area (Å²) in [5.74, 6) is -1.41. The number of primary amides is 1. The van der Waals surface area contributed by atoms with Crippen molar-refractivity contribution in [2.45, 2.75) is 36.7 Å². The Hall–Kier alpha value is -1.49. The highest BCUT2D eigenvalue weighted by molar-refractivity contribution is 8.02. The number of aliphatic carboxylic acids is 1. The molecule has 0 saturated heterocycles. The van der Waals surface area contributed by atoms with Crippen molar-refractivity contribution < 1.29 is 14.7 Å². The number of nitrogens with two attached hydrogens (primary N) is 1. The lowest BCUT2D eigenvalue weighted by Crippen LogP contribution is -2.40. The Balaban J connectivity index is 3.21. The van der Waals surface area contributed by atoms with Gasteiger partial charge < -0.3 is 10.8 Å². The van der Waals surface area contributed by atoms with Gasteiger partial charge in [-0.25, -0.2) is 0 Å². The molecule has 1 amide bonds. The highest BCUT2D eigenvalue weighted by Gasteiger charge is 2.41. The van der Waals surface area contributed by atoms with Gasteiger partial charge in [-0.3, -0.25) is 9.59 Å². The first-order chi connectivity index (χ1) is 8.97. The number of amides is 1. The van der Waals surface area contributed by atoms with Gasteiger partial charge in [0.25, 0.3) is 0 Å². The number of carbonyl (C=O) groups is 2. The molecule has 2 atom stereocenters. The van der Waals surface area contributed by atoms with E-state index in [9.17, 15) is 14.7 Å². The van der Waals surface area contributed by atoms with Crippen LogP contribution in [0.1, 0.15) is 32.3 Å². The zero-order valence-electron chi connectivity index (χ0n) is 11.1. The summed E-state index contributed by atoms with van der Waals surface area (Å²) in [6.07, 6.45) is 0.905. The molecule has 1 rings (SSSR count). The summed E-state index contributed by atoms with van der Waals surface area (Å²) >= 11 is 1.13. The molecule has 0 aromatic heterocycles. The zero-order chi connectivity index (χ0) is 14.5. The Morgan fingerprint density at radius 3 is 2.26 bits per heavy atom. The molecule has 0 aliphatic rings. The smallest absolute Gasteiger partial charge is 0.316 e. The van der Waals surface area contributed by atoms with Gasteiger partial charge in [0.05, 0.1) is 0 Å². The lowest BCUT2D eigenvalue weighted by atomic mass is 9.95. The molecule has 0 radical (unpaired) electrons. The van der Waals surface area contributed by atoms with E-state index < -0.39 is 21.9 Å². The number of carboxylic acids is 1. The molecule has 1 aromatic rings. The first-order valence-electron chi connectivity index (χ1n) is 6.24. The van der Waals surface area contributed by atoms with Crippen LogP contribution in [0.15, 0.2) is 30.3 Å². The number of carboxylic acid groups (broad SMARTS) is 1. The number of rotatable bonds is 7. The maximum Gasteiger partial charge on any atom is 0.316 e. The first-order valence-corrected chi connectivity index (χ1v) is 7.12. The summed E-state index contributed by atoms with van der Waals surface area (Å²) in [5.41, 5.74) is 6.32. The second-order valence-electron chi connectivity index (χ2n) is 4.26. The molecule has 1 aromatic carbocycles. The third-order valence-corrected chi connectivity index (χ3v) is 5.07. The number of benzene rings is 1. The molecule has 0 bridgehead atoms. The van der Waals surface area contributed by atoms with Gasteiger partial charge in [-0.15, -0.1) is 11.8 Å². The Morgan fingerprint density at radius 2 is 1.89 bits per heavy atom. The molecule has 19 heavy (non-hydrogen) atoms. The lowest BCUT2D eigenvalue weighted by Gasteiger charge is -2.31. The fourth-order valence-electron chi connectivity index (χ4n) is 1.99. The Labute approximate surface area is 117 Å². The van der Waals surface area contributed by atoms with Gasteiger partial charge in [0.15, 0.2) is 0 Å². The number of carbonyl (C=O) groups excluding carboxylic acids is 1. The molecule has 0 aliphatic carbocycles. The fourth-order valence-corrected chi connectivity index (χ4v) is 3.30. The van der Waals surface area contributed by atoms with Gasteiger partial charge in [0, 0.05) is 0 Å². The van der Waals surface area contributed by atoms with Crippen molar-refractivity contribution in [1.82, 2.24) is 0 Å². The Morgan fingerprint density at radius 1 is 1.32 bits per heavy atom. The highest BCUT2D eigenvalue weighted by Crippen LogP contribution is 2.42. The van der Waals surface area contributed by atoms with Crippen LogP contribution in [-0.2, 0) is 14.3 Å². The molecule has 0 aliphatic heterocycles. The van der Waals surface area contributed by atoms with Crippen molar-refractivity contribution in [3.63, 3.8) is 0 Å². The second-order valence-corrected chi connectivity index (χ2v) is 5.77. The summed E-state index contributed by atoms with van der Waals surface area (Å²) in [5, 5.41) is 8.54. The van der Waals surface area contributed by atoms with E-state index in [-0.39, 0.29) is 0 Å². The van der Waals surface area contributed by atoms with E-state index in [2.05, 4.69) is 0 Å². The Kier molecular flexibility index (Phi) is 5.42. The molecule has 5 heteroatoms. The van der Waals surface area contributed by atoms with Crippen molar-refractivity contribution in [3.05, 3.63) is 35.9 Å². The van der Waals surface area contributed by atoms with E-state index in [0.29, 0.717) is 12.8 Å². The first kappa shape index (κ1) is 15.6. The van der Waals surface area contributed by atoms with Crippen molar-refractivity contribution in [2.24, 2.45) is 5.73 Å². The SMILES string of the molecule is CCC(SC(CC)(C(N)=O)c1ccccc1)C(=O)O. The summed E-state index contributed by atoms with van der Waals surface area (Å²) in [4.78, 5) is 23.1. The number of hydrogen-bond donors (Lipinski definition) is 2. The minimum atomic E-state index is -0.986. The van der Waals surface area contributed by atoms with Crippen LogP contribution in [0.5, 0.6) is 0 Å². The van der Waals surface area contributed by atoms with Crippen molar-refractivity contribution in [1.29, 1.82) is 0 Å². The number of hydrogen-bond acceptors (Lipinski definition) is 3. The molecule has 104 valence electrons. The van der Waals surface area contributed by atoms with Gasteiger partial charge in [0.1, 0.15) is 10.00 Å². The minimum absolute atomic E-state index is 0.446. The third-order valence-electron chi connectivity index (χ3n) is 3.13. The van der Waals surface area contributed by atoms with Crippen LogP contribution in [0, 0.1) is 0 Å². The topological polar surface area (TPSA) is 80.4 Å². The van der Waals surface area contributed by atoms with Crippen LogP contribution in [0.3, 0.4) is 0 Å². The molecule has 0 heterocycles. The molecular weight excluding hydrogens is 262 g/mol. The van der Waals surface area contributed by atoms with Crippen molar-refractivity contribution in [3.8, 4) is 0 Å². The maximum atomic E-state index is 11.9. The van der Waals surface area contributed by atoms with Crippen LogP contribution >= 0.6 is 11.8 Å². The van der Waals surface area contributed by atoms with Gasteiger partial charge in [-0.05, 0) is 18.4 Å². The standard InChI is InChI=1S/C14H19NO3S/c1-3-11(12(16)17)19-14(4-2,13(15)18)10-8-6-5-7-9-10/h5-9,11H,3-4H2,1-2H3,(H2,15,18)(H,16,17). The van der Waals surface area contributed by atoms with E-state index in [1.54, 1.807) is 6.92 Å². The summed E-state index contributed by atoms with van der Waals surface area (Å²) < 4.78 is -0.986. The second kappa shape index (κ2) is 6.61. The largest absolute Gasteiger partial charge is 0.480 e. The Bertz CT molecular complexity index is 449. The van der Waals surface area contributed by atoms with Crippen LogP contribution < -0.4 is 5.73 Å². The normalized spacial score (nSPS) is 15.5. The predicted octanol–water partition coefficient (Wildman–Crippen LogP) is 2.37. The van der Waals surface area contributed by atoms with E-state index in [1.807, 2.05) is 37.3 Å². The summed E-state index contributed by atoms with van der Waals surface area (Å²) in [7, 11) is 0. The summed E-state index contributed by atoms with van der Waals surface area (Å²) in [6.45, 7) is 3.64. The fraction of sp³-hybridized carbons (Fsp3) is 0.429. The molecule has 0 fully saturated rings. The summed E-state index contributed by atoms with van der Waals surface area (Å²) in [6, 6.07) is 9.13. The monoisotopic (exact) mass is 281 g/mol. The average Bonchev–Trinajstić information content (AvgIpc) is 2.40. The molecule has 0 spiro atoms. The van der Waals surface area contributed by atoms with Gasteiger partial charge in [-0.2, -0.15) is 0 Å².